The minimum absolute atomic E-state index is 0.114. The first-order chi connectivity index (χ1) is 12.6. The number of imide groups is 1. The van der Waals surface area contributed by atoms with Crippen LogP contribution in [0.1, 0.15) is 24.1 Å². The number of aryl methyl sites for hydroxylation is 1. The minimum Gasteiger partial charge on any atom is -0.358 e. The van der Waals surface area contributed by atoms with Crippen molar-refractivity contribution in [3.63, 3.8) is 0 Å². The van der Waals surface area contributed by atoms with Gasteiger partial charge in [-0.3, -0.25) is 9.59 Å². The predicted molar refractivity (Wildman–Crippen MR) is 97.2 cm³/mol. The summed E-state index contributed by atoms with van der Waals surface area (Å²) in [6, 6.07) is 7.98. The number of amides is 2. The molecule has 2 saturated carbocycles. The first-order valence-electron chi connectivity index (χ1n) is 9.29. The van der Waals surface area contributed by atoms with Crippen LogP contribution in [0.5, 0.6) is 0 Å². The highest BCUT2D eigenvalue weighted by atomic mass is 16.2. The number of nitrogens with one attached hydrogen (secondary N) is 1. The number of carbonyl (C=O) groups is 2. The number of aromatic nitrogens is 1. The fourth-order valence-corrected chi connectivity index (χ4v) is 5.76. The summed E-state index contributed by atoms with van der Waals surface area (Å²) >= 11 is 0. The average Bonchev–Trinajstić information content (AvgIpc) is 3.10. The monoisotopic (exact) mass is 345 g/mol. The van der Waals surface area contributed by atoms with Gasteiger partial charge in [-0.2, -0.15) is 10.1 Å². The van der Waals surface area contributed by atoms with Crippen LogP contribution >= 0.6 is 0 Å². The molecule has 5 nitrogen and oxygen atoms in total. The zero-order chi connectivity index (χ0) is 17.6. The number of hydrogen-bond acceptors (Lipinski definition) is 3. The number of nitrogens with zero attached hydrogens (tertiary/aromatic N) is 2. The molecule has 1 aliphatic heterocycles. The van der Waals surface area contributed by atoms with Crippen molar-refractivity contribution in [3.8, 4) is 0 Å². The number of aromatic amines is 1. The van der Waals surface area contributed by atoms with Gasteiger partial charge in [0.15, 0.2) is 0 Å². The Labute approximate surface area is 150 Å². The maximum atomic E-state index is 13.0. The summed E-state index contributed by atoms with van der Waals surface area (Å²) in [5.74, 6) is -0.135. The SMILES string of the molecule is Cc1[nH]c2ccccc2c1/C=N\N1C(=O)C2C(C1=O)C1C=CC2C12CC2. The maximum Gasteiger partial charge on any atom is 0.254 e. The van der Waals surface area contributed by atoms with Gasteiger partial charge in [-0.25, -0.2) is 0 Å². The Morgan fingerprint density at radius 3 is 2.42 bits per heavy atom. The lowest BCUT2D eigenvalue weighted by atomic mass is 9.85. The Balaban J connectivity index is 1.36. The molecule has 6 rings (SSSR count). The summed E-state index contributed by atoms with van der Waals surface area (Å²) in [5.41, 5.74) is 3.16. The molecular weight excluding hydrogens is 326 g/mol. The standard InChI is InChI=1S/C21H19N3O2/c1-11-13(12-4-2-3-5-16(12)23-11)10-22-24-19(25)17-14-6-7-15(18(17)20(24)26)21(14)8-9-21/h2-7,10,14-15,17-18,23H,8-9H2,1H3/b22-10-. The predicted octanol–water partition coefficient (Wildman–Crippen LogP) is 3.01. The van der Waals surface area contributed by atoms with Crippen LogP contribution in [0.2, 0.25) is 0 Å². The molecule has 2 heterocycles. The number of carbonyl (C=O) groups excluding carboxylic acids is 2. The van der Waals surface area contributed by atoms with E-state index < -0.39 is 0 Å². The molecule has 4 aliphatic rings. The number of fused-ring (bicyclic) bond motifs is 4. The molecule has 3 fully saturated rings. The fraction of sp³-hybridized carbons (Fsp3) is 0.381. The zero-order valence-electron chi connectivity index (χ0n) is 14.5. The number of hydrazone groups is 1. The van der Waals surface area contributed by atoms with E-state index >= 15 is 0 Å². The van der Waals surface area contributed by atoms with Crippen LogP contribution in [-0.2, 0) is 9.59 Å². The fourth-order valence-electron chi connectivity index (χ4n) is 5.76. The molecule has 26 heavy (non-hydrogen) atoms. The van der Waals surface area contributed by atoms with E-state index in [0.29, 0.717) is 0 Å². The topological polar surface area (TPSA) is 65.5 Å². The van der Waals surface area contributed by atoms with Gasteiger partial charge in [-0.05, 0) is 43.1 Å². The van der Waals surface area contributed by atoms with Crippen LogP contribution in [-0.4, -0.2) is 28.0 Å². The van der Waals surface area contributed by atoms with Crippen molar-refractivity contribution >= 4 is 28.9 Å². The number of allylic oxidation sites excluding steroid dienone is 2. The van der Waals surface area contributed by atoms with Crippen LogP contribution in [0.25, 0.3) is 10.9 Å². The van der Waals surface area contributed by atoms with Gasteiger partial charge in [0.2, 0.25) is 0 Å². The van der Waals surface area contributed by atoms with Crippen molar-refractivity contribution in [2.45, 2.75) is 19.8 Å². The third kappa shape index (κ3) is 1.55. The molecule has 1 aromatic carbocycles. The maximum absolute atomic E-state index is 13.0. The van der Waals surface area contributed by atoms with Crippen molar-refractivity contribution in [1.29, 1.82) is 0 Å². The molecule has 1 aromatic heterocycles. The normalized spacial score (nSPS) is 33.3. The van der Waals surface area contributed by atoms with E-state index in [1.807, 2.05) is 31.2 Å². The van der Waals surface area contributed by atoms with E-state index in [2.05, 4.69) is 22.2 Å². The molecule has 2 amide bonds. The Morgan fingerprint density at radius 1 is 1.12 bits per heavy atom. The van der Waals surface area contributed by atoms with Gasteiger partial charge in [0.1, 0.15) is 0 Å². The van der Waals surface area contributed by atoms with Crippen LogP contribution in [0, 0.1) is 36.0 Å². The molecule has 1 spiro atoms. The van der Waals surface area contributed by atoms with E-state index in [4.69, 9.17) is 0 Å². The Hall–Kier alpha value is -2.69. The van der Waals surface area contributed by atoms with Crippen molar-refractivity contribution in [2.24, 2.45) is 34.2 Å². The lowest BCUT2D eigenvalue weighted by Crippen LogP contribution is -2.30. The van der Waals surface area contributed by atoms with Gasteiger partial charge in [-0.1, -0.05) is 30.4 Å². The molecule has 4 atom stereocenters. The van der Waals surface area contributed by atoms with Crippen molar-refractivity contribution in [2.75, 3.05) is 0 Å². The average molecular weight is 345 g/mol. The number of benzene rings is 1. The van der Waals surface area contributed by atoms with Gasteiger partial charge in [-0.15, -0.1) is 0 Å². The van der Waals surface area contributed by atoms with Gasteiger partial charge in [0, 0.05) is 22.2 Å². The van der Waals surface area contributed by atoms with Gasteiger partial charge >= 0.3 is 0 Å². The van der Waals surface area contributed by atoms with Gasteiger partial charge in [0.25, 0.3) is 11.8 Å². The lowest BCUT2D eigenvalue weighted by Gasteiger charge is -2.18. The number of hydrogen-bond donors (Lipinski definition) is 1. The molecule has 2 aromatic rings. The molecule has 1 saturated heterocycles. The summed E-state index contributed by atoms with van der Waals surface area (Å²) < 4.78 is 0. The third-order valence-corrected chi connectivity index (χ3v) is 7.08. The summed E-state index contributed by atoms with van der Waals surface area (Å²) in [7, 11) is 0. The molecule has 3 aliphatic carbocycles. The second-order valence-electron chi connectivity index (χ2n) is 8.16. The Morgan fingerprint density at radius 2 is 1.77 bits per heavy atom. The van der Waals surface area contributed by atoms with Crippen LogP contribution < -0.4 is 0 Å². The number of H-pyrrole nitrogens is 1. The number of para-hydroxylation sites is 1. The van der Waals surface area contributed by atoms with E-state index in [9.17, 15) is 9.59 Å². The lowest BCUT2D eigenvalue weighted by molar-refractivity contribution is -0.141. The molecule has 2 bridgehead atoms. The first-order valence-corrected chi connectivity index (χ1v) is 9.29. The van der Waals surface area contributed by atoms with Crippen molar-refractivity contribution < 1.29 is 9.59 Å². The second kappa shape index (κ2) is 4.53. The van der Waals surface area contributed by atoms with E-state index in [0.717, 1.165) is 40.0 Å². The summed E-state index contributed by atoms with van der Waals surface area (Å²) in [6.07, 6.45) is 8.33. The van der Waals surface area contributed by atoms with Crippen LogP contribution in [0.3, 0.4) is 0 Å². The summed E-state index contributed by atoms with van der Waals surface area (Å²) in [6.45, 7) is 1.98. The van der Waals surface area contributed by atoms with Crippen molar-refractivity contribution in [3.05, 3.63) is 47.7 Å². The smallest absolute Gasteiger partial charge is 0.254 e. The minimum atomic E-state index is -0.193. The largest absolute Gasteiger partial charge is 0.358 e. The first kappa shape index (κ1) is 14.5. The molecule has 0 radical (unpaired) electrons. The molecule has 4 unspecified atom stereocenters. The van der Waals surface area contributed by atoms with E-state index in [1.54, 1.807) is 6.21 Å². The van der Waals surface area contributed by atoms with Crippen LogP contribution in [0.15, 0.2) is 41.5 Å². The van der Waals surface area contributed by atoms with E-state index in [1.165, 1.54) is 0 Å². The highest BCUT2D eigenvalue weighted by Gasteiger charge is 2.73. The van der Waals surface area contributed by atoms with Gasteiger partial charge < -0.3 is 4.98 Å². The Kier molecular flexibility index (Phi) is 2.52. The molecular formula is C21H19N3O2. The molecule has 5 heteroatoms. The molecule has 1 N–H and O–H groups in total. The highest BCUT2D eigenvalue weighted by molar-refractivity contribution is 6.08. The zero-order valence-corrected chi connectivity index (χ0v) is 14.5. The van der Waals surface area contributed by atoms with Crippen LogP contribution in [0.4, 0.5) is 0 Å². The van der Waals surface area contributed by atoms with E-state index in [-0.39, 0.29) is 40.9 Å². The third-order valence-electron chi connectivity index (χ3n) is 7.08. The molecule has 130 valence electrons. The Bertz CT molecular complexity index is 1010. The van der Waals surface area contributed by atoms with Gasteiger partial charge in [0.05, 0.1) is 18.1 Å². The highest BCUT2D eigenvalue weighted by Crippen LogP contribution is 2.73. The number of rotatable bonds is 2. The quantitative estimate of drug-likeness (QED) is 0.516. The summed E-state index contributed by atoms with van der Waals surface area (Å²) in [5, 5.41) is 6.53. The van der Waals surface area contributed by atoms with Crippen molar-refractivity contribution in [1.82, 2.24) is 9.99 Å². The summed E-state index contributed by atoms with van der Waals surface area (Å²) in [4.78, 5) is 29.2. The second-order valence-corrected chi connectivity index (χ2v) is 8.16.